The van der Waals surface area contributed by atoms with Gasteiger partial charge in [0, 0.05) is 6.42 Å². The first-order chi connectivity index (χ1) is 45.3. The van der Waals surface area contributed by atoms with E-state index in [1.807, 2.05) is 6.08 Å². The van der Waals surface area contributed by atoms with E-state index in [2.05, 4.69) is 43.5 Å². The molecule has 546 valence electrons. The summed E-state index contributed by atoms with van der Waals surface area (Å²) < 4.78 is 34.4. The molecule has 0 aromatic carbocycles. The van der Waals surface area contributed by atoms with Crippen LogP contribution in [0.1, 0.15) is 296 Å². The summed E-state index contributed by atoms with van der Waals surface area (Å²) in [6.45, 7) is 1.72. The summed E-state index contributed by atoms with van der Waals surface area (Å²) in [5, 5.41) is 121. The molecule has 3 aliphatic rings. The topological polar surface area (TPSA) is 307 Å². The molecule has 19 heteroatoms. The molecule has 3 fully saturated rings. The normalized spacial score (nSPS) is 27.7. The SMILES string of the molecule is CCCCC/C=C\C/C=C\CCCCCCCC(=O)NC(COC1OC(CO)C(OC2OC(CO)C(OC3OC(CO)C(O)C(O)C3O)C(O)C2O)C(O)C1O)C(O)/C=C/CCCCCCCCCCCCCCCCCCCCCCCCCCCCCCCCC. The second kappa shape index (κ2) is 55.8. The van der Waals surface area contributed by atoms with Crippen LogP contribution in [0.4, 0.5) is 0 Å². The molecule has 0 bridgehead atoms. The zero-order chi connectivity index (χ0) is 67.5. The molecule has 3 heterocycles. The van der Waals surface area contributed by atoms with Crippen molar-refractivity contribution in [1.82, 2.24) is 5.32 Å². The number of amides is 1. The van der Waals surface area contributed by atoms with Gasteiger partial charge in [0.05, 0.1) is 38.6 Å². The number of allylic oxidation sites excluding steroid dienone is 5. The van der Waals surface area contributed by atoms with Crippen molar-refractivity contribution in [2.45, 2.75) is 401 Å². The minimum Gasteiger partial charge on any atom is -0.394 e. The van der Waals surface area contributed by atoms with Gasteiger partial charge in [-0.2, -0.15) is 0 Å². The molecule has 17 atom stereocenters. The Morgan fingerprint density at radius 3 is 1.12 bits per heavy atom. The van der Waals surface area contributed by atoms with E-state index in [4.69, 9.17) is 28.4 Å². The van der Waals surface area contributed by atoms with Crippen molar-refractivity contribution in [3.63, 3.8) is 0 Å². The standard InChI is InChI=1S/C74H137NO18/c1-3-5-7-9-11-13-15-17-19-20-21-22-23-24-25-26-27-28-29-30-31-32-33-34-35-36-38-39-41-43-45-47-49-51-58(79)57(75-62(80)52-50-48-46-44-42-40-37-18-16-14-12-10-8-6-4-2)56-88-72-68(86)65(83)70(60(54-77)90-72)93-74-69(87)66(84)71(61(55-78)91-74)92-73-67(85)64(82)63(81)59(53-76)89-73/h12,14,18,37,49,51,57-61,63-74,76-79,81-87H,3-11,13,15-17,19-36,38-48,50,52-56H2,1-2H3,(H,75,80)/b14-12-,37-18-,51-49+. The zero-order valence-corrected chi connectivity index (χ0v) is 58.0. The molecule has 0 spiro atoms. The van der Waals surface area contributed by atoms with E-state index in [9.17, 15) is 61.0 Å². The molecule has 0 radical (unpaired) electrons. The quantitative estimate of drug-likeness (QED) is 0.0199. The number of carbonyl (C=O) groups excluding carboxylic acids is 1. The van der Waals surface area contributed by atoms with Crippen LogP contribution in [0.15, 0.2) is 36.5 Å². The lowest BCUT2D eigenvalue weighted by molar-refractivity contribution is -0.379. The molecular weight excluding hydrogens is 1190 g/mol. The summed E-state index contributed by atoms with van der Waals surface area (Å²) in [7, 11) is 0. The molecule has 12 N–H and O–H groups in total. The van der Waals surface area contributed by atoms with Crippen LogP contribution < -0.4 is 5.32 Å². The highest BCUT2D eigenvalue weighted by Crippen LogP contribution is 2.33. The Bertz CT molecular complexity index is 1830. The molecule has 3 saturated heterocycles. The van der Waals surface area contributed by atoms with Gasteiger partial charge in [0.1, 0.15) is 73.2 Å². The summed E-state index contributed by atoms with van der Waals surface area (Å²) in [4.78, 5) is 13.4. The summed E-state index contributed by atoms with van der Waals surface area (Å²) >= 11 is 0. The molecule has 19 nitrogen and oxygen atoms in total. The maximum Gasteiger partial charge on any atom is 0.220 e. The number of aliphatic hydroxyl groups is 11. The minimum absolute atomic E-state index is 0.228. The third kappa shape index (κ3) is 37.1. The van der Waals surface area contributed by atoms with E-state index in [0.29, 0.717) is 6.42 Å². The van der Waals surface area contributed by atoms with E-state index in [0.717, 1.165) is 70.6 Å². The van der Waals surface area contributed by atoms with Crippen LogP contribution in [0.25, 0.3) is 0 Å². The number of hydrogen-bond donors (Lipinski definition) is 12. The lowest BCUT2D eigenvalue weighted by Gasteiger charge is -2.48. The summed E-state index contributed by atoms with van der Waals surface area (Å²) in [6, 6.07) is -0.981. The first-order valence-corrected chi connectivity index (χ1v) is 37.7. The smallest absolute Gasteiger partial charge is 0.220 e. The van der Waals surface area contributed by atoms with Crippen molar-refractivity contribution >= 4 is 5.91 Å². The van der Waals surface area contributed by atoms with Gasteiger partial charge in [-0.3, -0.25) is 4.79 Å². The van der Waals surface area contributed by atoms with Gasteiger partial charge in [-0.25, -0.2) is 0 Å². The summed E-state index contributed by atoms with van der Waals surface area (Å²) in [5.41, 5.74) is 0. The van der Waals surface area contributed by atoms with Crippen LogP contribution in [-0.4, -0.2) is 193 Å². The van der Waals surface area contributed by atoms with Gasteiger partial charge in [-0.05, 0) is 51.4 Å². The molecule has 0 aromatic rings. The van der Waals surface area contributed by atoms with Gasteiger partial charge >= 0.3 is 0 Å². The molecular formula is C74H137NO18. The number of aliphatic hydroxyl groups excluding tert-OH is 11. The summed E-state index contributed by atoms with van der Waals surface area (Å²) in [5.74, 6) is -0.287. The van der Waals surface area contributed by atoms with Crippen molar-refractivity contribution in [3.05, 3.63) is 36.5 Å². The van der Waals surface area contributed by atoms with Crippen molar-refractivity contribution in [1.29, 1.82) is 0 Å². The fraction of sp³-hybridized carbons (Fsp3) is 0.905. The van der Waals surface area contributed by atoms with Crippen molar-refractivity contribution < 1.29 is 89.4 Å². The lowest BCUT2D eigenvalue weighted by atomic mass is 9.96. The van der Waals surface area contributed by atoms with Crippen LogP contribution in [-0.2, 0) is 33.2 Å². The molecule has 0 aliphatic carbocycles. The third-order valence-corrected chi connectivity index (χ3v) is 18.9. The van der Waals surface area contributed by atoms with E-state index < -0.39 is 124 Å². The largest absolute Gasteiger partial charge is 0.394 e. The average Bonchev–Trinajstić information content (AvgIpc) is 0.814. The van der Waals surface area contributed by atoms with Gasteiger partial charge < -0.3 is 89.9 Å². The number of hydrogen-bond acceptors (Lipinski definition) is 18. The maximum atomic E-state index is 13.4. The fourth-order valence-corrected chi connectivity index (χ4v) is 12.8. The Kier molecular flexibility index (Phi) is 51.2. The Morgan fingerprint density at radius 1 is 0.387 bits per heavy atom. The number of unbranched alkanes of at least 4 members (excludes halogenated alkanes) is 39. The monoisotopic (exact) mass is 1330 g/mol. The van der Waals surface area contributed by atoms with Gasteiger partial charge in [-0.1, -0.05) is 275 Å². The number of carbonyl (C=O) groups is 1. The van der Waals surface area contributed by atoms with Crippen molar-refractivity contribution in [2.75, 3.05) is 26.4 Å². The van der Waals surface area contributed by atoms with E-state index in [-0.39, 0.29) is 18.9 Å². The van der Waals surface area contributed by atoms with Gasteiger partial charge in [0.15, 0.2) is 18.9 Å². The van der Waals surface area contributed by atoms with E-state index in [1.165, 1.54) is 199 Å². The molecule has 1 amide bonds. The lowest BCUT2D eigenvalue weighted by Crippen LogP contribution is -2.66. The van der Waals surface area contributed by atoms with Gasteiger partial charge in [0.2, 0.25) is 5.91 Å². The Labute approximate surface area is 561 Å². The number of ether oxygens (including phenoxy) is 6. The predicted octanol–water partition coefficient (Wildman–Crippen LogP) is 11.2. The van der Waals surface area contributed by atoms with Crippen LogP contribution in [0.5, 0.6) is 0 Å². The highest BCUT2D eigenvalue weighted by atomic mass is 16.8. The molecule has 0 aromatic heterocycles. The van der Waals surface area contributed by atoms with Crippen LogP contribution in [0.3, 0.4) is 0 Å². The Morgan fingerprint density at radius 2 is 0.710 bits per heavy atom. The zero-order valence-electron chi connectivity index (χ0n) is 58.0. The number of nitrogens with one attached hydrogen (secondary N) is 1. The summed E-state index contributed by atoms with van der Waals surface area (Å²) in [6.07, 6.45) is 40.1. The van der Waals surface area contributed by atoms with Crippen LogP contribution in [0, 0.1) is 0 Å². The molecule has 17 unspecified atom stereocenters. The van der Waals surface area contributed by atoms with Gasteiger partial charge in [0.25, 0.3) is 0 Å². The van der Waals surface area contributed by atoms with E-state index in [1.54, 1.807) is 6.08 Å². The van der Waals surface area contributed by atoms with Crippen LogP contribution in [0.2, 0.25) is 0 Å². The highest BCUT2D eigenvalue weighted by Gasteiger charge is 2.53. The molecule has 0 saturated carbocycles. The second-order valence-corrected chi connectivity index (χ2v) is 27.1. The third-order valence-electron chi connectivity index (χ3n) is 18.9. The first kappa shape index (κ1) is 85.2. The van der Waals surface area contributed by atoms with Gasteiger partial charge in [-0.15, -0.1) is 0 Å². The average molecular weight is 1330 g/mol. The molecule has 3 rings (SSSR count). The van der Waals surface area contributed by atoms with E-state index >= 15 is 0 Å². The second-order valence-electron chi connectivity index (χ2n) is 27.1. The van der Waals surface area contributed by atoms with Crippen LogP contribution >= 0.6 is 0 Å². The highest BCUT2D eigenvalue weighted by molar-refractivity contribution is 5.76. The molecule has 93 heavy (non-hydrogen) atoms. The molecule has 3 aliphatic heterocycles. The number of rotatable bonds is 59. The Hall–Kier alpha value is -1.99. The van der Waals surface area contributed by atoms with Crippen molar-refractivity contribution in [3.8, 4) is 0 Å². The maximum absolute atomic E-state index is 13.4. The minimum atomic E-state index is -1.98. The Balaban J connectivity index is 1.36. The fourth-order valence-electron chi connectivity index (χ4n) is 12.8. The van der Waals surface area contributed by atoms with Crippen molar-refractivity contribution in [2.24, 2.45) is 0 Å². The first-order valence-electron chi connectivity index (χ1n) is 37.7. The predicted molar refractivity (Wildman–Crippen MR) is 365 cm³/mol.